The van der Waals surface area contributed by atoms with Crippen molar-refractivity contribution in [2.45, 2.75) is 90.1 Å². The van der Waals surface area contributed by atoms with Crippen molar-refractivity contribution >= 4 is 5.97 Å². The van der Waals surface area contributed by atoms with Crippen LogP contribution in [0, 0.1) is 0 Å². The Morgan fingerprint density at radius 3 is 1.71 bits per heavy atom. The van der Waals surface area contributed by atoms with E-state index in [1.807, 2.05) is 0 Å². The molecule has 0 amide bonds. The number of nitrogens with one attached hydrogen (secondary N) is 1. The van der Waals surface area contributed by atoms with E-state index < -0.39 is 5.97 Å². The molecule has 0 aliphatic rings. The first-order chi connectivity index (χ1) is 10.1. The van der Waals surface area contributed by atoms with Crippen LogP contribution in [0.25, 0.3) is 0 Å². The lowest BCUT2D eigenvalue weighted by Gasteiger charge is -2.06. The molecule has 3 N–H and O–H groups in total. The van der Waals surface area contributed by atoms with Gasteiger partial charge in [-0.15, -0.1) is 0 Å². The molecule has 0 aliphatic carbocycles. The summed E-state index contributed by atoms with van der Waals surface area (Å²) in [5.41, 5.74) is 0. The van der Waals surface area contributed by atoms with Gasteiger partial charge in [-0.3, -0.25) is 4.79 Å². The van der Waals surface area contributed by atoms with Crippen LogP contribution in [-0.4, -0.2) is 35.4 Å². The molecule has 0 aromatic carbocycles. The summed E-state index contributed by atoms with van der Waals surface area (Å²) < 4.78 is 0. The average molecular weight is 301 g/mol. The molecule has 0 fully saturated rings. The Labute approximate surface area is 130 Å². The van der Waals surface area contributed by atoms with Crippen molar-refractivity contribution in [1.29, 1.82) is 0 Å². The maximum absolute atomic E-state index is 10.3. The summed E-state index contributed by atoms with van der Waals surface area (Å²) in [6, 6.07) is 0. The lowest BCUT2D eigenvalue weighted by Crippen LogP contribution is -2.25. The topological polar surface area (TPSA) is 69.6 Å². The van der Waals surface area contributed by atoms with E-state index in [4.69, 9.17) is 10.2 Å². The number of hydrogen-bond acceptors (Lipinski definition) is 3. The molecule has 0 spiro atoms. The van der Waals surface area contributed by atoms with Crippen LogP contribution in [0.1, 0.15) is 84.0 Å². The maximum atomic E-state index is 10.3. The van der Waals surface area contributed by atoms with Crippen molar-refractivity contribution in [1.82, 2.24) is 5.32 Å². The summed E-state index contributed by atoms with van der Waals surface area (Å²) in [5.74, 6) is -0.670. The third-order valence-electron chi connectivity index (χ3n) is 3.68. The molecule has 0 saturated carbocycles. The predicted molar refractivity (Wildman–Crippen MR) is 87.6 cm³/mol. The van der Waals surface area contributed by atoms with Crippen molar-refractivity contribution in [3.63, 3.8) is 0 Å². The van der Waals surface area contributed by atoms with Gasteiger partial charge in [0.1, 0.15) is 0 Å². The second-order valence-electron chi connectivity index (χ2n) is 6.09. The molecular weight excluding hydrogens is 266 g/mol. The third-order valence-corrected chi connectivity index (χ3v) is 3.68. The van der Waals surface area contributed by atoms with Gasteiger partial charge in [0, 0.05) is 13.0 Å². The van der Waals surface area contributed by atoms with Crippen LogP contribution in [0.2, 0.25) is 0 Å². The molecule has 4 nitrogen and oxygen atoms in total. The number of unbranched alkanes of at least 4 members (excludes halogenated alkanes) is 10. The zero-order valence-electron chi connectivity index (χ0n) is 13.8. The van der Waals surface area contributed by atoms with Gasteiger partial charge in [-0.05, 0) is 26.3 Å². The van der Waals surface area contributed by atoms with Crippen LogP contribution in [0.15, 0.2) is 0 Å². The number of aliphatic hydroxyl groups excluding tert-OH is 1. The Morgan fingerprint density at radius 1 is 0.857 bits per heavy atom. The Bertz CT molecular complexity index is 232. The van der Waals surface area contributed by atoms with E-state index in [1.54, 1.807) is 6.92 Å². The fourth-order valence-corrected chi connectivity index (χ4v) is 2.43. The van der Waals surface area contributed by atoms with Gasteiger partial charge in [0.2, 0.25) is 0 Å². The number of carboxylic acid groups (broad SMARTS) is 1. The van der Waals surface area contributed by atoms with Gasteiger partial charge in [-0.25, -0.2) is 0 Å². The molecule has 1 atom stereocenters. The van der Waals surface area contributed by atoms with E-state index in [9.17, 15) is 4.79 Å². The second kappa shape index (κ2) is 15.8. The van der Waals surface area contributed by atoms with Crippen LogP contribution in [-0.2, 0) is 4.79 Å². The standard InChI is InChI=1S/C17H35NO3/c1-16(19)15-18-14-12-10-8-6-4-2-3-5-7-9-11-13-17(20)21/h16,18-19H,2-15H2,1H3,(H,20,21). The fourth-order valence-electron chi connectivity index (χ4n) is 2.43. The van der Waals surface area contributed by atoms with Crippen LogP contribution in [0.5, 0.6) is 0 Å². The fraction of sp³-hybridized carbons (Fsp3) is 0.941. The summed E-state index contributed by atoms with van der Waals surface area (Å²) >= 11 is 0. The number of rotatable bonds is 16. The van der Waals surface area contributed by atoms with E-state index in [0.29, 0.717) is 13.0 Å². The van der Waals surface area contributed by atoms with E-state index in [2.05, 4.69) is 5.32 Å². The van der Waals surface area contributed by atoms with Crippen molar-refractivity contribution in [2.75, 3.05) is 13.1 Å². The molecule has 0 heterocycles. The van der Waals surface area contributed by atoms with Crippen molar-refractivity contribution in [2.24, 2.45) is 0 Å². The molecule has 0 bridgehead atoms. The molecule has 4 heteroatoms. The summed E-state index contributed by atoms with van der Waals surface area (Å²) in [6.07, 6.45) is 13.5. The van der Waals surface area contributed by atoms with Crippen molar-refractivity contribution in [3.8, 4) is 0 Å². The highest BCUT2D eigenvalue weighted by molar-refractivity contribution is 5.66. The predicted octanol–water partition coefficient (Wildman–Crippen LogP) is 3.72. The molecule has 0 saturated heterocycles. The first-order valence-electron chi connectivity index (χ1n) is 8.73. The zero-order chi connectivity index (χ0) is 15.8. The van der Waals surface area contributed by atoms with E-state index >= 15 is 0 Å². The van der Waals surface area contributed by atoms with Gasteiger partial charge in [0.25, 0.3) is 0 Å². The highest BCUT2D eigenvalue weighted by atomic mass is 16.4. The van der Waals surface area contributed by atoms with Gasteiger partial charge < -0.3 is 15.5 Å². The van der Waals surface area contributed by atoms with Crippen molar-refractivity contribution < 1.29 is 15.0 Å². The highest BCUT2D eigenvalue weighted by Gasteiger charge is 1.97. The SMILES string of the molecule is CC(O)CNCCCCCCCCCCCCCC(=O)O. The first-order valence-corrected chi connectivity index (χ1v) is 8.73. The molecular formula is C17H35NO3. The summed E-state index contributed by atoms with van der Waals surface area (Å²) in [4.78, 5) is 10.3. The lowest BCUT2D eigenvalue weighted by molar-refractivity contribution is -0.137. The second-order valence-corrected chi connectivity index (χ2v) is 6.09. The van der Waals surface area contributed by atoms with E-state index in [1.165, 1.54) is 57.8 Å². The van der Waals surface area contributed by atoms with Crippen LogP contribution >= 0.6 is 0 Å². The molecule has 0 radical (unpaired) electrons. The van der Waals surface area contributed by atoms with Crippen LogP contribution in [0.3, 0.4) is 0 Å². The number of aliphatic carboxylic acids is 1. The minimum Gasteiger partial charge on any atom is -0.481 e. The van der Waals surface area contributed by atoms with Gasteiger partial charge in [0.15, 0.2) is 0 Å². The van der Waals surface area contributed by atoms with E-state index in [0.717, 1.165) is 19.4 Å². The Morgan fingerprint density at radius 2 is 1.29 bits per heavy atom. The number of carboxylic acids is 1. The number of aliphatic hydroxyl groups is 1. The maximum Gasteiger partial charge on any atom is 0.303 e. The Hall–Kier alpha value is -0.610. The Kier molecular flexibility index (Phi) is 15.3. The highest BCUT2D eigenvalue weighted by Crippen LogP contribution is 2.11. The first kappa shape index (κ1) is 20.4. The van der Waals surface area contributed by atoms with Gasteiger partial charge >= 0.3 is 5.97 Å². The average Bonchev–Trinajstić information content (AvgIpc) is 2.42. The molecule has 0 aromatic heterocycles. The smallest absolute Gasteiger partial charge is 0.303 e. The van der Waals surface area contributed by atoms with Gasteiger partial charge in [-0.1, -0.05) is 57.8 Å². The molecule has 126 valence electrons. The summed E-state index contributed by atoms with van der Waals surface area (Å²) in [6.45, 7) is 3.52. The van der Waals surface area contributed by atoms with Gasteiger partial charge in [-0.2, -0.15) is 0 Å². The molecule has 0 aliphatic heterocycles. The van der Waals surface area contributed by atoms with Gasteiger partial charge in [0.05, 0.1) is 6.10 Å². The summed E-state index contributed by atoms with van der Waals surface area (Å²) in [5, 5.41) is 20.8. The lowest BCUT2D eigenvalue weighted by atomic mass is 10.1. The molecule has 0 rings (SSSR count). The quantitative estimate of drug-likeness (QED) is 0.380. The molecule has 1 unspecified atom stereocenters. The normalized spacial score (nSPS) is 12.5. The minimum absolute atomic E-state index is 0.242. The number of hydrogen-bond donors (Lipinski definition) is 3. The van der Waals surface area contributed by atoms with E-state index in [-0.39, 0.29) is 6.10 Å². The minimum atomic E-state index is -0.670. The zero-order valence-corrected chi connectivity index (χ0v) is 13.8. The van der Waals surface area contributed by atoms with Crippen molar-refractivity contribution in [3.05, 3.63) is 0 Å². The van der Waals surface area contributed by atoms with Crippen LogP contribution < -0.4 is 5.32 Å². The third kappa shape index (κ3) is 19.4. The summed E-state index contributed by atoms with van der Waals surface area (Å²) in [7, 11) is 0. The molecule has 0 aromatic rings. The Balaban J connectivity index is 2.98. The monoisotopic (exact) mass is 301 g/mol. The largest absolute Gasteiger partial charge is 0.481 e. The molecule has 21 heavy (non-hydrogen) atoms. The number of carbonyl (C=O) groups is 1. The van der Waals surface area contributed by atoms with Crippen LogP contribution in [0.4, 0.5) is 0 Å².